The van der Waals surface area contributed by atoms with Gasteiger partial charge in [-0.05, 0) is 61.7 Å². The van der Waals surface area contributed by atoms with Crippen LogP contribution >= 0.6 is 0 Å². The van der Waals surface area contributed by atoms with E-state index >= 15 is 0 Å². The number of hydrogen-bond acceptors (Lipinski definition) is 5. The number of rotatable bonds is 7. The lowest BCUT2D eigenvalue weighted by molar-refractivity contribution is -0.118. The van der Waals surface area contributed by atoms with Crippen molar-refractivity contribution >= 4 is 22.5 Å². The summed E-state index contributed by atoms with van der Waals surface area (Å²) in [6.45, 7) is 9.33. The fraction of sp³-hybridized carbons (Fsp3) is 0.444. The quantitative estimate of drug-likeness (QED) is 0.496. The minimum atomic E-state index is -0.877. The van der Waals surface area contributed by atoms with Gasteiger partial charge in [-0.1, -0.05) is 26.8 Å². The molecule has 0 radical (unpaired) electrons. The maximum atomic E-state index is 13.3. The Morgan fingerprint density at radius 3 is 2.62 bits per heavy atom. The second-order valence-corrected chi connectivity index (χ2v) is 10.2. The van der Waals surface area contributed by atoms with Gasteiger partial charge in [0, 0.05) is 34.3 Å². The first-order valence-corrected chi connectivity index (χ1v) is 11.9. The number of benzene rings is 2. The molecule has 34 heavy (non-hydrogen) atoms. The molecule has 2 heterocycles. The maximum absolute atomic E-state index is 13.3. The molecule has 180 valence electrons. The van der Waals surface area contributed by atoms with E-state index in [0.29, 0.717) is 18.9 Å². The molecule has 2 aliphatic rings. The first-order chi connectivity index (χ1) is 16.2. The number of ether oxygens (including phenoxy) is 3. The van der Waals surface area contributed by atoms with E-state index in [2.05, 4.69) is 36.7 Å². The highest BCUT2D eigenvalue weighted by atomic mass is 16.7. The van der Waals surface area contributed by atoms with Crippen molar-refractivity contribution in [2.75, 3.05) is 18.7 Å². The van der Waals surface area contributed by atoms with Gasteiger partial charge in [-0.2, -0.15) is 0 Å². The molecule has 1 fully saturated rings. The first-order valence-electron chi connectivity index (χ1n) is 11.9. The van der Waals surface area contributed by atoms with Gasteiger partial charge in [0.25, 0.3) is 0 Å². The van der Waals surface area contributed by atoms with Crippen molar-refractivity contribution < 1.29 is 24.1 Å². The van der Waals surface area contributed by atoms with Gasteiger partial charge in [0.05, 0.1) is 12.0 Å². The number of anilines is 1. The Labute approximate surface area is 199 Å². The average Bonchev–Trinajstić information content (AvgIpc) is 3.33. The first kappa shape index (κ1) is 22.7. The fourth-order valence-corrected chi connectivity index (χ4v) is 4.78. The van der Waals surface area contributed by atoms with Gasteiger partial charge >= 0.3 is 0 Å². The molecule has 7 nitrogen and oxygen atoms in total. The van der Waals surface area contributed by atoms with E-state index < -0.39 is 11.7 Å². The van der Waals surface area contributed by atoms with Crippen molar-refractivity contribution in [3.63, 3.8) is 0 Å². The van der Waals surface area contributed by atoms with Crippen LogP contribution in [0.1, 0.15) is 51.8 Å². The molecule has 2 aromatic carbocycles. The number of aromatic nitrogens is 1. The molecule has 1 aliphatic carbocycles. The fourth-order valence-electron chi connectivity index (χ4n) is 4.78. The number of fused-ring (bicyclic) bond motifs is 2. The molecular weight excluding hydrogens is 432 g/mol. The summed E-state index contributed by atoms with van der Waals surface area (Å²) in [5.41, 5.74) is 3.17. The summed E-state index contributed by atoms with van der Waals surface area (Å²) >= 11 is 0. The van der Waals surface area contributed by atoms with Crippen LogP contribution in [0.5, 0.6) is 11.5 Å². The lowest BCUT2D eigenvalue weighted by Crippen LogP contribution is -2.27. The lowest BCUT2D eigenvalue weighted by atomic mass is 9.92. The van der Waals surface area contributed by atoms with E-state index in [1.807, 2.05) is 43.3 Å². The normalized spacial score (nSPS) is 17.1. The largest absolute Gasteiger partial charge is 0.454 e. The van der Waals surface area contributed by atoms with Crippen LogP contribution in [0.4, 0.5) is 5.69 Å². The zero-order valence-electron chi connectivity index (χ0n) is 20.2. The van der Waals surface area contributed by atoms with E-state index in [4.69, 9.17) is 14.2 Å². The summed E-state index contributed by atoms with van der Waals surface area (Å²) in [6.07, 6.45) is 0.735. The monoisotopic (exact) mass is 464 g/mol. The minimum Gasteiger partial charge on any atom is -0.454 e. The van der Waals surface area contributed by atoms with E-state index in [9.17, 15) is 9.90 Å². The molecule has 1 aromatic heterocycles. The number of nitrogens with one attached hydrogen (secondary N) is 1. The van der Waals surface area contributed by atoms with Gasteiger partial charge in [-0.25, -0.2) is 0 Å². The maximum Gasteiger partial charge on any atom is 0.235 e. The van der Waals surface area contributed by atoms with Crippen molar-refractivity contribution in [1.29, 1.82) is 0 Å². The Morgan fingerprint density at radius 2 is 1.91 bits per heavy atom. The third-order valence-electron chi connectivity index (χ3n) is 6.74. The molecule has 1 saturated carbocycles. The smallest absolute Gasteiger partial charge is 0.235 e. The van der Waals surface area contributed by atoms with Crippen LogP contribution in [0.3, 0.4) is 0 Å². The molecule has 1 amide bonds. The van der Waals surface area contributed by atoms with Crippen molar-refractivity contribution in [3.05, 3.63) is 53.7 Å². The summed E-state index contributed by atoms with van der Waals surface area (Å²) in [7, 11) is 0. The standard InChI is InChI=1S/C27H32N2O5/c1-5-32-24(30)15-29-20-8-7-19(12-17(20)13-23(29)26(2,3)4)28-25(31)27(10-11-27)18-6-9-21-22(14-18)34-16-33-21/h6-9,12-14,24,30H,5,10-11,15-16H2,1-4H3,(H,28,31)/t24-/m0/s1. The van der Waals surface area contributed by atoms with Crippen molar-refractivity contribution in [2.24, 2.45) is 0 Å². The number of aliphatic hydroxyl groups excluding tert-OH is 1. The molecular formula is C27H32N2O5. The van der Waals surface area contributed by atoms with E-state index in [0.717, 1.165) is 46.4 Å². The van der Waals surface area contributed by atoms with Gasteiger partial charge in [-0.15, -0.1) is 0 Å². The summed E-state index contributed by atoms with van der Waals surface area (Å²) in [5.74, 6) is 1.41. The molecule has 2 N–H and O–H groups in total. The summed E-state index contributed by atoms with van der Waals surface area (Å²) in [5, 5.41) is 14.4. The van der Waals surface area contributed by atoms with Crippen LogP contribution in [-0.4, -0.2) is 35.3 Å². The Kier molecular flexibility index (Phi) is 5.57. The molecule has 1 atom stereocenters. The third-order valence-corrected chi connectivity index (χ3v) is 6.74. The Balaban J connectivity index is 1.42. The molecule has 3 aromatic rings. The Hall–Kier alpha value is -3.03. The van der Waals surface area contributed by atoms with Gasteiger partial charge in [0.2, 0.25) is 12.7 Å². The zero-order valence-corrected chi connectivity index (χ0v) is 20.2. The van der Waals surface area contributed by atoms with Crippen LogP contribution in [-0.2, 0) is 26.9 Å². The van der Waals surface area contributed by atoms with Crippen LogP contribution < -0.4 is 14.8 Å². The molecule has 7 heteroatoms. The predicted octanol–water partition coefficient (Wildman–Crippen LogP) is 4.69. The predicted molar refractivity (Wildman–Crippen MR) is 130 cm³/mol. The van der Waals surface area contributed by atoms with E-state index in [1.165, 1.54) is 0 Å². The van der Waals surface area contributed by atoms with E-state index in [-0.39, 0.29) is 18.1 Å². The summed E-state index contributed by atoms with van der Waals surface area (Å²) in [4.78, 5) is 13.3. The molecule has 0 spiro atoms. The second-order valence-electron chi connectivity index (χ2n) is 10.2. The van der Waals surface area contributed by atoms with Gasteiger partial charge in [0.1, 0.15) is 0 Å². The van der Waals surface area contributed by atoms with Gasteiger partial charge in [0.15, 0.2) is 17.8 Å². The topological polar surface area (TPSA) is 82.0 Å². The van der Waals surface area contributed by atoms with Crippen molar-refractivity contribution in [2.45, 2.75) is 64.2 Å². The molecule has 0 unspecified atom stereocenters. The van der Waals surface area contributed by atoms with Crippen LogP contribution in [0.15, 0.2) is 42.5 Å². The minimum absolute atomic E-state index is 0.00652. The Bertz CT molecular complexity index is 1240. The SMILES string of the molecule is CCO[C@H](O)Cn1c(C(C)(C)C)cc2cc(NC(=O)C3(c4ccc5c(c4)OCO5)CC3)ccc21. The summed E-state index contributed by atoms with van der Waals surface area (Å²) in [6, 6.07) is 13.8. The average molecular weight is 465 g/mol. The van der Waals surface area contributed by atoms with E-state index in [1.54, 1.807) is 0 Å². The molecule has 1 aliphatic heterocycles. The van der Waals surface area contributed by atoms with Crippen LogP contribution in [0.25, 0.3) is 10.9 Å². The van der Waals surface area contributed by atoms with Gasteiger partial charge in [-0.3, -0.25) is 4.79 Å². The van der Waals surface area contributed by atoms with Crippen LogP contribution in [0, 0.1) is 0 Å². The van der Waals surface area contributed by atoms with Crippen LogP contribution in [0.2, 0.25) is 0 Å². The second kappa shape index (κ2) is 8.32. The van der Waals surface area contributed by atoms with Gasteiger partial charge < -0.3 is 29.2 Å². The number of nitrogens with zero attached hydrogens (tertiary/aromatic N) is 1. The zero-order chi connectivity index (χ0) is 24.1. The highest BCUT2D eigenvalue weighted by Gasteiger charge is 2.51. The van der Waals surface area contributed by atoms with Crippen molar-refractivity contribution in [1.82, 2.24) is 4.57 Å². The number of carbonyl (C=O) groups is 1. The number of carbonyl (C=O) groups excluding carboxylic acids is 1. The highest BCUT2D eigenvalue weighted by molar-refractivity contribution is 6.02. The third kappa shape index (κ3) is 4.03. The summed E-state index contributed by atoms with van der Waals surface area (Å²) < 4.78 is 18.4. The highest BCUT2D eigenvalue weighted by Crippen LogP contribution is 2.51. The molecule has 0 saturated heterocycles. The molecule has 0 bridgehead atoms. The lowest BCUT2D eigenvalue weighted by Gasteiger charge is -2.23. The number of aliphatic hydroxyl groups is 1. The Morgan fingerprint density at radius 1 is 1.15 bits per heavy atom. The number of hydrogen-bond donors (Lipinski definition) is 2. The van der Waals surface area contributed by atoms with Crippen molar-refractivity contribution in [3.8, 4) is 11.5 Å². The molecule has 5 rings (SSSR count). The number of amides is 1.